The lowest BCUT2D eigenvalue weighted by Gasteiger charge is -2.09. The van der Waals surface area contributed by atoms with Crippen LogP contribution < -0.4 is 10.6 Å². The van der Waals surface area contributed by atoms with Crippen molar-refractivity contribution >= 4 is 45.1 Å². The van der Waals surface area contributed by atoms with Crippen LogP contribution in [-0.2, 0) is 0 Å². The minimum absolute atomic E-state index is 0.715. The number of thiophene rings is 1. The molecule has 110 valence electrons. The Morgan fingerprint density at radius 3 is 2.90 bits per heavy atom. The molecule has 0 aliphatic carbocycles. The molecule has 0 radical (unpaired) electrons. The molecule has 0 spiro atoms. The SMILES string of the molecule is CCNc1nc(NCCCCCSC)c2ccsc2n1. The van der Waals surface area contributed by atoms with Gasteiger partial charge in [-0.25, -0.2) is 4.98 Å². The summed E-state index contributed by atoms with van der Waals surface area (Å²) in [6.45, 7) is 3.87. The summed E-state index contributed by atoms with van der Waals surface area (Å²) in [5.41, 5.74) is 0. The molecule has 0 saturated heterocycles. The molecule has 20 heavy (non-hydrogen) atoms. The lowest BCUT2D eigenvalue weighted by atomic mass is 10.2. The van der Waals surface area contributed by atoms with E-state index in [0.29, 0.717) is 5.95 Å². The van der Waals surface area contributed by atoms with Crippen LogP contribution in [0.4, 0.5) is 11.8 Å². The van der Waals surface area contributed by atoms with Crippen molar-refractivity contribution in [3.63, 3.8) is 0 Å². The fourth-order valence-corrected chi connectivity index (χ4v) is 3.24. The third-order valence-electron chi connectivity index (χ3n) is 2.98. The molecule has 0 atom stereocenters. The van der Waals surface area contributed by atoms with Crippen LogP contribution in [0.5, 0.6) is 0 Å². The summed E-state index contributed by atoms with van der Waals surface area (Å²) in [6.07, 6.45) is 5.91. The van der Waals surface area contributed by atoms with E-state index < -0.39 is 0 Å². The van der Waals surface area contributed by atoms with Crippen LogP contribution in [0.15, 0.2) is 11.4 Å². The van der Waals surface area contributed by atoms with Crippen molar-refractivity contribution in [3.05, 3.63) is 11.4 Å². The number of nitrogens with one attached hydrogen (secondary N) is 2. The average molecular weight is 310 g/mol. The topological polar surface area (TPSA) is 49.8 Å². The van der Waals surface area contributed by atoms with E-state index in [1.54, 1.807) is 11.3 Å². The van der Waals surface area contributed by atoms with Crippen LogP contribution in [0.3, 0.4) is 0 Å². The first-order valence-corrected chi connectivity index (χ1v) is 9.34. The molecule has 2 N–H and O–H groups in total. The van der Waals surface area contributed by atoms with Gasteiger partial charge in [0.25, 0.3) is 0 Å². The van der Waals surface area contributed by atoms with Crippen LogP contribution in [0.1, 0.15) is 26.2 Å². The summed E-state index contributed by atoms with van der Waals surface area (Å²) in [5.74, 6) is 2.93. The summed E-state index contributed by atoms with van der Waals surface area (Å²) < 4.78 is 0. The predicted molar refractivity (Wildman–Crippen MR) is 92.3 cm³/mol. The molecular formula is C14H22N4S2. The Hall–Kier alpha value is -1.01. The Bertz CT molecular complexity index is 527. The third-order valence-corrected chi connectivity index (χ3v) is 4.48. The van der Waals surface area contributed by atoms with Gasteiger partial charge < -0.3 is 10.6 Å². The zero-order valence-corrected chi connectivity index (χ0v) is 13.7. The molecule has 0 aromatic carbocycles. The second kappa shape index (κ2) is 8.32. The van der Waals surface area contributed by atoms with E-state index in [4.69, 9.17) is 0 Å². The van der Waals surface area contributed by atoms with E-state index in [2.05, 4.69) is 45.2 Å². The number of hydrogen-bond acceptors (Lipinski definition) is 6. The summed E-state index contributed by atoms with van der Waals surface area (Å²) in [4.78, 5) is 10.1. The number of hydrogen-bond donors (Lipinski definition) is 2. The zero-order valence-electron chi connectivity index (χ0n) is 12.1. The molecule has 0 unspecified atom stereocenters. The summed E-state index contributed by atoms with van der Waals surface area (Å²) in [7, 11) is 0. The van der Waals surface area contributed by atoms with Gasteiger partial charge in [-0.1, -0.05) is 6.42 Å². The lowest BCUT2D eigenvalue weighted by molar-refractivity contribution is 0.748. The first-order chi connectivity index (χ1) is 9.85. The van der Waals surface area contributed by atoms with Gasteiger partial charge in [-0.3, -0.25) is 0 Å². The van der Waals surface area contributed by atoms with Crippen LogP contribution in [0.25, 0.3) is 10.2 Å². The monoisotopic (exact) mass is 310 g/mol. The Morgan fingerprint density at radius 2 is 2.10 bits per heavy atom. The molecule has 0 aliphatic heterocycles. The van der Waals surface area contributed by atoms with Gasteiger partial charge in [-0.05, 0) is 43.2 Å². The number of nitrogens with zero attached hydrogens (tertiary/aromatic N) is 2. The molecule has 2 aromatic heterocycles. The van der Waals surface area contributed by atoms with Crippen molar-refractivity contribution in [2.75, 3.05) is 35.7 Å². The highest BCUT2D eigenvalue weighted by Crippen LogP contribution is 2.26. The predicted octanol–water partition coefficient (Wildman–Crippen LogP) is 4.07. The Labute approximate surface area is 128 Å². The molecular weight excluding hydrogens is 288 g/mol. The molecule has 4 nitrogen and oxygen atoms in total. The van der Waals surface area contributed by atoms with Crippen LogP contribution in [-0.4, -0.2) is 35.1 Å². The highest BCUT2D eigenvalue weighted by Gasteiger charge is 2.07. The molecule has 6 heteroatoms. The van der Waals surface area contributed by atoms with E-state index in [0.717, 1.165) is 29.1 Å². The molecule has 2 rings (SSSR count). The van der Waals surface area contributed by atoms with Crippen LogP contribution in [0.2, 0.25) is 0 Å². The molecule has 0 aliphatic rings. The first kappa shape index (κ1) is 15.4. The standard InChI is InChI=1S/C14H22N4S2/c1-3-15-14-17-12(11-7-10-20-13(11)18-14)16-8-5-4-6-9-19-2/h7,10H,3-6,8-9H2,1-2H3,(H2,15,16,17,18). The molecule has 0 fully saturated rings. The largest absolute Gasteiger partial charge is 0.369 e. The maximum absolute atomic E-state index is 4.57. The highest BCUT2D eigenvalue weighted by molar-refractivity contribution is 7.98. The summed E-state index contributed by atoms with van der Waals surface area (Å²) in [6, 6.07) is 2.09. The van der Waals surface area contributed by atoms with Gasteiger partial charge in [0.2, 0.25) is 5.95 Å². The van der Waals surface area contributed by atoms with E-state index in [1.807, 2.05) is 11.8 Å². The minimum atomic E-state index is 0.715. The number of aromatic nitrogens is 2. The zero-order chi connectivity index (χ0) is 14.2. The fourth-order valence-electron chi connectivity index (χ4n) is 1.98. The van der Waals surface area contributed by atoms with Gasteiger partial charge in [-0.15, -0.1) is 11.3 Å². The number of fused-ring (bicyclic) bond motifs is 1. The van der Waals surface area contributed by atoms with Crippen LogP contribution in [0, 0.1) is 0 Å². The number of thioether (sulfide) groups is 1. The molecule has 2 heterocycles. The van der Waals surface area contributed by atoms with Crippen molar-refractivity contribution < 1.29 is 0 Å². The molecule has 2 aromatic rings. The van der Waals surface area contributed by atoms with Gasteiger partial charge in [0.15, 0.2) is 0 Å². The maximum Gasteiger partial charge on any atom is 0.226 e. The Morgan fingerprint density at radius 1 is 1.20 bits per heavy atom. The Kier molecular flexibility index (Phi) is 6.39. The van der Waals surface area contributed by atoms with Gasteiger partial charge in [-0.2, -0.15) is 16.7 Å². The second-order valence-corrected chi connectivity index (χ2v) is 6.43. The summed E-state index contributed by atoms with van der Waals surface area (Å²) in [5, 5.41) is 9.84. The van der Waals surface area contributed by atoms with Crippen molar-refractivity contribution in [1.29, 1.82) is 0 Å². The maximum atomic E-state index is 4.57. The van der Waals surface area contributed by atoms with Gasteiger partial charge in [0.1, 0.15) is 10.6 Å². The van der Waals surface area contributed by atoms with Crippen molar-refractivity contribution in [2.24, 2.45) is 0 Å². The summed E-state index contributed by atoms with van der Waals surface area (Å²) >= 11 is 3.58. The number of anilines is 2. The average Bonchev–Trinajstić information content (AvgIpc) is 2.91. The minimum Gasteiger partial charge on any atom is -0.369 e. The number of unbranched alkanes of at least 4 members (excludes halogenated alkanes) is 2. The first-order valence-electron chi connectivity index (χ1n) is 7.07. The van der Waals surface area contributed by atoms with Gasteiger partial charge >= 0.3 is 0 Å². The van der Waals surface area contributed by atoms with E-state index in [1.165, 1.54) is 25.0 Å². The van der Waals surface area contributed by atoms with Gasteiger partial charge in [0, 0.05) is 13.1 Å². The fraction of sp³-hybridized carbons (Fsp3) is 0.571. The van der Waals surface area contributed by atoms with Gasteiger partial charge in [0.05, 0.1) is 5.39 Å². The second-order valence-electron chi connectivity index (χ2n) is 4.55. The van der Waals surface area contributed by atoms with E-state index >= 15 is 0 Å². The third kappa shape index (κ3) is 4.24. The normalized spacial score (nSPS) is 10.9. The van der Waals surface area contributed by atoms with E-state index in [9.17, 15) is 0 Å². The Balaban J connectivity index is 1.95. The molecule has 0 saturated carbocycles. The smallest absolute Gasteiger partial charge is 0.226 e. The molecule has 0 amide bonds. The van der Waals surface area contributed by atoms with Crippen molar-refractivity contribution in [3.8, 4) is 0 Å². The molecule has 0 bridgehead atoms. The number of rotatable bonds is 9. The van der Waals surface area contributed by atoms with Crippen LogP contribution >= 0.6 is 23.1 Å². The van der Waals surface area contributed by atoms with Crippen molar-refractivity contribution in [1.82, 2.24) is 9.97 Å². The quantitative estimate of drug-likeness (QED) is 0.684. The highest BCUT2D eigenvalue weighted by atomic mass is 32.2. The lowest BCUT2D eigenvalue weighted by Crippen LogP contribution is -2.08. The van der Waals surface area contributed by atoms with E-state index in [-0.39, 0.29) is 0 Å². The van der Waals surface area contributed by atoms with Crippen molar-refractivity contribution in [2.45, 2.75) is 26.2 Å².